The second-order valence-corrected chi connectivity index (χ2v) is 8.71. The molecule has 142 valence electrons. The van der Waals surface area contributed by atoms with Crippen molar-refractivity contribution in [2.75, 3.05) is 23.3 Å². The van der Waals surface area contributed by atoms with E-state index >= 15 is 0 Å². The molecular formula is C20H29N3O3. The normalized spacial score (nSPS) is 21.8. The number of alkyl carbamates (subject to hydrolysis) is 1. The summed E-state index contributed by atoms with van der Waals surface area (Å²) in [6, 6.07) is 6.08. The van der Waals surface area contributed by atoms with Crippen LogP contribution in [0, 0.1) is 0 Å². The predicted molar refractivity (Wildman–Crippen MR) is 103 cm³/mol. The number of rotatable bonds is 2. The molecule has 0 spiro atoms. The van der Waals surface area contributed by atoms with E-state index in [2.05, 4.69) is 15.5 Å². The summed E-state index contributed by atoms with van der Waals surface area (Å²) in [5, 5.41) is 6.03. The van der Waals surface area contributed by atoms with E-state index in [9.17, 15) is 9.59 Å². The van der Waals surface area contributed by atoms with Gasteiger partial charge >= 0.3 is 6.09 Å². The fraction of sp³-hybridized carbons (Fsp3) is 0.600. The molecule has 0 saturated carbocycles. The molecule has 2 amide bonds. The van der Waals surface area contributed by atoms with Gasteiger partial charge in [-0.2, -0.15) is 0 Å². The zero-order chi connectivity index (χ0) is 19.1. The number of para-hydroxylation sites is 1. The highest BCUT2D eigenvalue weighted by Crippen LogP contribution is 2.43. The Morgan fingerprint density at radius 2 is 2.08 bits per heavy atom. The number of hydrogen-bond acceptors (Lipinski definition) is 4. The molecule has 0 bridgehead atoms. The van der Waals surface area contributed by atoms with Crippen molar-refractivity contribution in [1.82, 2.24) is 5.32 Å². The van der Waals surface area contributed by atoms with Gasteiger partial charge in [-0.15, -0.1) is 0 Å². The molecule has 1 aromatic carbocycles. The van der Waals surface area contributed by atoms with Gasteiger partial charge in [0.1, 0.15) is 5.60 Å². The number of anilines is 2. The molecule has 2 aliphatic rings. The minimum atomic E-state index is -0.519. The molecule has 26 heavy (non-hydrogen) atoms. The SMILES string of the molecule is CC(C)(C)OC(=O)N[C@@H]1CCCN(c2cccc3c2NC(=O)C3(C)C)C1. The molecular weight excluding hydrogens is 330 g/mol. The van der Waals surface area contributed by atoms with Gasteiger partial charge < -0.3 is 20.3 Å². The molecule has 2 N–H and O–H groups in total. The number of fused-ring (bicyclic) bond motifs is 1. The van der Waals surface area contributed by atoms with Crippen LogP contribution < -0.4 is 15.5 Å². The quantitative estimate of drug-likeness (QED) is 0.849. The fourth-order valence-corrected chi connectivity index (χ4v) is 3.64. The van der Waals surface area contributed by atoms with Gasteiger partial charge in [0, 0.05) is 19.1 Å². The minimum Gasteiger partial charge on any atom is -0.444 e. The van der Waals surface area contributed by atoms with Crippen LogP contribution >= 0.6 is 0 Å². The van der Waals surface area contributed by atoms with E-state index < -0.39 is 11.0 Å². The van der Waals surface area contributed by atoms with Crippen molar-refractivity contribution in [3.8, 4) is 0 Å². The number of nitrogens with one attached hydrogen (secondary N) is 2. The van der Waals surface area contributed by atoms with Gasteiger partial charge in [-0.05, 0) is 59.1 Å². The molecule has 6 heteroatoms. The van der Waals surface area contributed by atoms with E-state index in [-0.39, 0.29) is 18.0 Å². The van der Waals surface area contributed by atoms with Crippen LogP contribution in [0.3, 0.4) is 0 Å². The molecule has 2 heterocycles. The molecule has 1 saturated heterocycles. The third kappa shape index (κ3) is 3.64. The second-order valence-electron chi connectivity index (χ2n) is 8.71. The summed E-state index contributed by atoms with van der Waals surface area (Å²) in [5.41, 5.74) is 1.93. The topological polar surface area (TPSA) is 70.7 Å². The van der Waals surface area contributed by atoms with E-state index in [0.717, 1.165) is 36.3 Å². The van der Waals surface area contributed by atoms with Gasteiger partial charge in [-0.1, -0.05) is 12.1 Å². The first-order valence-corrected chi connectivity index (χ1v) is 9.27. The number of carbonyl (C=O) groups is 2. The summed E-state index contributed by atoms with van der Waals surface area (Å²) in [6.45, 7) is 11.1. The Bertz CT molecular complexity index is 722. The van der Waals surface area contributed by atoms with E-state index in [1.165, 1.54) is 0 Å². The Labute approximate surface area is 155 Å². The predicted octanol–water partition coefficient (Wildman–Crippen LogP) is 3.41. The standard InChI is InChI=1S/C20H29N3O3/c1-19(2,3)26-18(25)21-13-8-7-11-23(12-13)15-10-6-9-14-16(15)22-17(24)20(14,4)5/h6,9-10,13H,7-8,11-12H2,1-5H3,(H,21,25)(H,22,24)/t13-/m1/s1. The van der Waals surface area contributed by atoms with E-state index in [1.54, 1.807) is 0 Å². The van der Waals surface area contributed by atoms with Gasteiger partial charge in [0.15, 0.2) is 0 Å². The van der Waals surface area contributed by atoms with Gasteiger partial charge in [0.05, 0.1) is 16.8 Å². The highest BCUT2D eigenvalue weighted by molar-refractivity contribution is 6.08. The summed E-state index contributed by atoms with van der Waals surface area (Å²) in [6.07, 6.45) is 1.52. The minimum absolute atomic E-state index is 0.0274. The zero-order valence-corrected chi connectivity index (χ0v) is 16.3. The lowest BCUT2D eigenvalue weighted by molar-refractivity contribution is -0.119. The molecule has 0 radical (unpaired) electrons. The molecule has 0 aromatic heterocycles. The lowest BCUT2D eigenvalue weighted by atomic mass is 9.86. The van der Waals surface area contributed by atoms with Crippen LogP contribution in [0.5, 0.6) is 0 Å². The largest absolute Gasteiger partial charge is 0.444 e. The Balaban J connectivity index is 1.75. The number of amides is 2. The Hall–Kier alpha value is -2.24. The summed E-state index contributed by atoms with van der Waals surface area (Å²) in [7, 11) is 0. The maximum absolute atomic E-state index is 12.3. The first-order chi connectivity index (χ1) is 12.1. The molecule has 1 aromatic rings. The highest BCUT2D eigenvalue weighted by Gasteiger charge is 2.40. The maximum atomic E-state index is 12.3. The molecule has 0 aliphatic carbocycles. The van der Waals surface area contributed by atoms with Crippen LogP contribution in [-0.4, -0.2) is 36.7 Å². The molecule has 6 nitrogen and oxygen atoms in total. The molecule has 1 atom stereocenters. The van der Waals surface area contributed by atoms with Gasteiger partial charge in [-0.25, -0.2) is 4.79 Å². The first kappa shape index (κ1) is 18.5. The lowest BCUT2D eigenvalue weighted by Crippen LogP contribution is -2.49. The van der Waals surface area contributed by atoms with Crippen molar-refractivity contribution >= 4 is 23.4 Å². The first-order valence-electron chi connectivity index (χ1n) is 9.27. The van der Waals surface area contributed by atoms with Gasteiger partial charge in [0.25, 0.3) is 0 Å². The Morgan fingerprint density at radius 3 is 2.77 bits per heavy atom. The van der Waals surface area contributed by atoms with Crippen LogP contribution in [0.25, 0.3) is 0 Å². The summed E-state index contributed by atoms with van der Waals surface area (Å²) in [4.78, 5) is 26.6. The molecule has 1 fully saturated rings. The molecule has 0 unspecified atom stereocenters. The van der Waals surface area contributed by atoms with Crippen LogP contribution in [-0.2, 0) is 14.9 Å². The highest BCUT2D eigenvalue weighted by atomic mass is 16.6. The van der Waals surface area contributed by atoms with Gasteiger partial charge in [0.2, 0.25) is 5.91 Å². The second kappa shape index (κ2) is 6.49. The van der Waals surface area contributed by atoms with Crippen molar-refractivity contribution in [1.29, 1.82) is 0 Å². The number of piperidine rings is 1. The Kier molecular flexibility index (Phi) is 4.63. The van der Waals surface area contributed by atoms with E-state index in [1.807, 2.05) is 52.8 Å². The van der Waals surface area contributed by atoms with E-state index in [4.69, 9.17) is 4.74 Å². The maximum Gasteiger partial charge on any atom is 0.407 e. The van der Waals surface area contributed by atoms with Crippen LogP contribution in [0.2, 0.25) is 0 Å². The monoisotopic (exact) mass is 359 g/mol. The van der Waals surface area contributed by atoms with Crippen molar-refractivity contribution in [3.63, 3.8) is 0 Å². The third-order valence-electron chi connectivity index (χ3n) is 5.00. The van der Waals surface area contributed by atoms with Crippen molar-refractivity contribution < 1.29 is 14.3 Å². The number of benzene rings is 1. The smallest absolute Gasteiger partial charge is 0.407 e. The van der Waals surface area contributed by atoms with E-state index in [0.29, 0.717) is 6.54 Å². The average molecular weight is 359 g/mol. The number of nitrogens with zero attached hydrogens (tertiary/aromatic N) is 1. The van der Waals surface area contributed by atoms with Crippen molar-refractivity contribution in [3.05, 3.63) is 23.8 Å². The third-order valence-corrected chi connectivity index (χ3v) is 5.00. The number of carbonyl (C=O) groups excluding carboxylic acids is 2. The van der Waals surface area contributed by atoms with Crippen molar-refractivity contribution in [2.45, 2.75) is 64.5 Å². The number of ether oxygens (including phenoxy) is 1. The van der Waals surface area contributed by atoms with Crippen LogP contribution in [0.15, 0.2) is 18.2 Å². The van der Waals surface area contributed by atoms with Crippen LogP contribution in [0.1, 0.15) is 53.0 Å². The van der Waals surface area contributed by atoms with Crippen LogP contribution in [0.4, 0.5) is 16.2 Å². The summed E-state index contributed by atoms with van der Waals surface area (Å²) in [5.74, 6) is 0.0281. The number of hydrogen-bond donors (Lipinski definition) is 2. The lowest BCUT2D eigenvalue weighted by Gasteiger charge is -2.36. The fourth-order valence-electron chi connectivity index (χ4n) is 3.64. The van der Waals surface area contributed by atoms with Crippen molar-refractivity contribution in [2.24, 2.45) is 0 Å². The Morgan fingerprint density at radius 1 is 1.35 bits per heavy atom. The van der Waals surface area contributed by atoms with Gasteiger partial charge in [-0.3, -0.25) is 4.79 Å². The summed E-state index contributed by atoms with van der Waals surface area (Å²) >= 11 is 0. The molecule has 3 rings (SSSR count). The zero-order valence-electron chi connectivity index (χ0n) is 16.3. The average Bonchev–Trinajstić information content (AvgIpc) is 2.75. The summed E-state index contributed by atoms with van der Waals surface area (Å²) < 4.78 is 5.37. The molecule has 2 aliphatic heterocycles.